The summed E-state index contributed by atoms with van der Waals surface area (Å²) >= 11 is 0. The zero-order valence-electron chi connectivity index (χ0n) is 19.6. The number of aliphatic carboxylic acids is 1. The van der Waals surface area contributed by atoms with Crippen LogP contribution in [0.4, 0.5) is 0 Å². The highest BCUT2D eigenvalue weighted by atomic mass is 16.6. The van der Waals surface area contributed by atoms with E-state index in [-0.39, 0.29) is 39.8 Å². The van der Waals surface area contributed by atoms with Gasteiger partial charge in [0.05, 0.1) is 19.3 Å². The number of aromatic amines is 2. The smallest absolute Gasteiger partial charge is 0.320 e. The van der Waals surface area contributed by atoms with Crippen LogP contribution in [0.5, 0.6) is 5.75 Å². The summed E-state index contributed by atoms with van der Waals surface area (Å²) in [6.07, 6.45) is 0.166. The van der Waals surface area contributed by atoms with Crippen molar-refractivity contribution in [1.29, 1.82) is 0 Å². The van der Waals surface area contributed by atoms with E-state index in [4.69, 9.17) is 20.7 Å². The van der Waals surface area contributed by atoms with Crippen LogP contribution in [0.2, 0.25) is 0 Å². The van der Waals surface area contributed by atoms with Gasteiger partial charge in [-0.3, -0.25) is 14.2 Å². The average Bonchev–Trinajstić information content (AvgIpc) is 3.51. The predicted molar refractivity (Wildman–Crippen MR) is 131 cm³/mol. The van der Waals surface area contributed by atoms with Gasteiger partial charge in [-0.15, -0.1) is 0 Å². The van der Waals surface area contributed by atoms with Crippen molar-refractivity contribution in [3.8, 4) is 5.75 Å². The molecule has 0 radical (unpaired) electrons. The standard InChI is InChI=1S/C11H12N2O3.C10H12N4O5.3H2O/c12-9(11(15)16)3-6-5-13-10-2-1-7(14)4-8(6)10;15-1-4-6(16)7(17)10(19-4)14-3-13-5-8(14)11-2-12-9(5)18;;;/h1-2,4-5,9,13-14H,3,12H2,(H,15,16);2-4,6-7,10,15-17H,1H2,(H,11,12,18);3*1H2/t9-;4-,6-,7-,10-;;;/m01.../s1. The van der Waals surface area contributed by atoms with Crippen LogP contribution < -0.4 is 11.3 Å². The lowest BCUT2D eigenvalue weighted by molar-refractivity contribution is -0.138. The maximum Gasteiger partial charge on any atom is 0.320 e. The molecule has 4 aromatic rings. The van der Waals surface area contributed by atoms with E-state index in [0.29, 0.717) is 0 Å². The Morgan fingerprint density at radius 2 is 1.87 bits per heavy atom. The maximum absolute atomic E-state index is 11.5. The molecule has 1 aliphatic heterocycles. The number of aromatic nitrogens is 5. The van der Waals surface area contributed by atoms with Gasteiger partial charge in [0.1, 0.15) is 30.1 Å². The summed E-state index contributed by atoms with van der Waals surface area (Å²) < 4.78 is 6.70. The van der Waals surface area contributed by atoms with Crippen LogP contribution in [0, 0.1) is 0 Å². The van der Waals surface area contributed by atoms with Crippen LogP contribution in [0.1, 0.15) is 11.8 Å². The molecule has 5 rings (SSSR count). The molecule has 0 aliphatic carbocycles. The molecule has 0 saturated carbocycles. The molecule has 1 saturated heterocycles. The summed E-state index contributed by atoms with van der Waals surface area (Å²) in [5, 5.41) is 47.5. The van der Waals surface area contributed by atoms with E-state index in [1.165, 1.54) is 17.2 Å². The first-order valence-electron chi connectivity index (χ1n) is 10.5. The van der Waals surface area contributed by atoms with Crippen LogP contribution in [-0.2, 0) is 16.0 Å². The van der Waals surface area contributed by atoms with Crippen LogP contribution in [0.15, 0.2) is 41.8 Å². The third kappa shape index (κ3) is 6.13. The van der Waals surface area contributed by atoms with Crippen molar-refractivity contribution in [3.05, 3.63) is 53.0 Å². The number of aliphatic hydroxyl groups is 3. The van der Waals surface area contributed by atoms with Crippen LogP contribution >= 0.6 is 0 Å². The van der Waals surface area contributed by atoms with E-state index in [1.807, 2.05) is 0 Å². The number of ether oxygens (including phenoxy) is 1. The molecule has 210 valence electrons. The molecule has 3 aromatic heterocycles. The molecule has 1 aromatic carbocycles. The molecule has 4 heterocycles. The number of phenols is 1. The molecule has 15 N–H and O–H groups in total. The number of carboxylic acids is 1. The largest absolute Gasteiger partial charge is 0.508 e. The van der Waals surface area contributed by atoms with Crippen molar-refractivity contribution in [2.24, 2.45) is 5.73 Å². The van der Waals surface area contributed by atoms with Gasteiger partial charge in [0, 0.05) is 23.5 Å². The minimum absolute atomic E-state index is 0. The molecule has 0 spiro atoms. The number of benzene rings is 1. The second-order valence-electron chi connectivity index (χ2n) is 7.98. The molecular weight excluding hydrogens is 512 g/mol. The van der Waals surface area contributed by atoms with Gasteiger partial charge in [0.2, 0.25) is 0 Å². The topological polar surface area (TPSA) is 327 Å². The summed E-state index contributed by atoms with van der Waals surface area (Å²) in [6, 6.07) is 3.97. The first-order valence-corrected chi connectivity index (χ1v) is 10.5. The molecule has 0 amide bonds. The number of nitrogens with one attached hydrogen (secondary N) is 2. The summed E-state index contributed by atoms with van der Waals surface area (Å²) in [5.41, 5.74) is 7.04. The van der Waals surface area contributed by atoms with Gasteiger partial charge in [0.15, 0.2) is 17.4 Å². The fourth-order valence-corrected chi connectivity index (χ4v) is 3.82. The Kier molecular flexibility index (Phi) is 11.0. The number of fused-ring (bicyclic) bond motifs is 2. The second-order valence-corrected chi connectivity index (χ2v) is 7.98. The van der Waals surface area contributed by atoms with Gasteiger partial charge in [-0.2, -0.15) is 0 Å². The SMILES string of the molecule is N[C@@H](Cc1c[nH]c2ccc(O)cc12)C(=O)O.O.O.O.O=c1[nH]cnc2c1ncn2[C@@H]1O[C@H](CO)[C@@H](O)[C@H]1O. The molecule has 0 bridgehead atoms. The Balaban J connectivity index is 0.000000357. The fraction of sp³-hybridized carbons (Fsp3) is 0.333. The maximum atomic E-state index is 11.5. The number of phenolic OH excluding ortho intramolecular Hbond substituents is 1. The molecule has 1 aliphatic rings. The monoisotopic (exact) mass is 542 g/mol. The molecule has 0 unspecified atom stereocenters. The second kappa shape index (κ2) is 13.0. The van der Waals surface area contributed by atoms with Crippen molar-refractivity contribution >= 4 is 28.0 Å². The number of aliphatic hydroxyl groups excluding tert-OH is 3. The van der Waals surface area contributed by atoms with Crippen LogP contribution in [0.3, 0.4) is 0 Å². The van der Waals surface area contributed by atoms with E-state index in [2.05, 4.69) is 19.9 Å². The Labute approximate surface area is 212 Å². The molecule has 5 atom stereocenters. The molecule has 17 nitrogen and oxygen atoms in total. The lowest BCUT2D eigenvalue weighted by atomic mass is 10.1. The minimum Gasteiger partial charge on any atom is -0.508 e. The van der Waals surface area contributed by atoms with Crippen molar-refractivity contribution in [2.45, 2.75) is 37.0 Å². The number of nitrogens with zero attached hydrogens (tertiary/aromatic N) is 3. The number of hydrogen-bond acceptors (Lipinski definition) is 10. The summed E-state index contributed by atoms with van der Waals surface area (Å²) in [6.45, 7) is -0.421. The van der Waals surface area contributed by atoms with Crippen LogP contribution in [0.25, 0.3) is 22.1 Å². The quantitative estimate of drug-likeness (QED) is 0.120. The highest BCUT2D eigenvalue weighted by molar-refractivity contribution is 5.85. The number of aromatic hydroxyl groups is 1. The summed E-state index contributed by atoms with van der Waals surface area (Å²) in [4.78, 5) is 35.4. The van der Waals surface area contributed by atoms with Gasteiger partial charge >= 0.3 is 5.97 Å². The number of nitrogens with two attached hydrogens (primary N) is 1. The Morgan fingerprint density at radius 3 is 2.50 bits per heavy atom. The van der Waals surface area contributed by atoms with E-state index in [0.717, 1.165) is 16.5 Å². The summed E-state index contributed by atoms with van der Waals surface area (Å²) in [7, 11) is 0. The number of hydrogen-bond donors (Lipinski definition) is 8. The van der Waals surface area contributed by atoms with Gasteiger partial charge in [-0.1, -0.05) is 0 Å². The van der Waals surface area contributed by atoms with Crippen molar-refractivity contribution in [1.82, 2.24) is 24.5 Å². The normalized spacial score (nSPS) is 20.9. The third-order valence-corrected chi connectivity index (χ3v) is 5.66. The van der Waals surface area contributed by atoms with E-state index in [1.54, 1.807) is 24.4 Å². The first-order chi connectivity index (χ1) is 16.7. The predicted octanol–water partition coefficient (Wildman–Crippen LogP) is -3.92. The highest BCUT2D eigenvalue weighted by Gasteiger charge is 2.44. The highest BCUT2D eigenvalue weighted by Crippen LogP contribution is 2.30. The average molecular weight is 543 g/mol. The Bertz CT molecular complexity index is 1400. The number of H-pyrrole nitrogens is 2. The van der Waals surface area contributed by atoms with Crippen LogP contribution in [-0.4, -0.2) is 103 Å². The van der Waals surface area contributed by atoms with E-state index in [9.17, 15) is 24.9 Å². The number of imidazole rings is 1. The molecular formula is C21H30N6O11. The number of rotatable bonds is 5. The van der Waals surface area contributed by atoms with Crippen molar-refractivity contribution in [2.75, 3.05) is 6.61 Å². The third-order valence-electron chi connectivity index (χ3n) is 5.66. The van der Waals surface area contributed by atoms with E-state index < -0.39 is 48.7 Å². The Hall–Kier alpha value is -3.94. The summed E-state index contributed by atoms with van der Waals surface area (Å²) in [5.74, 6) is -0.883. The van der Waals surface area contributed by atoms with Crippen molar-refractivity contribution < 1.29 is 51.5 Å². The Morgan fingerprint density at radius 1 is 1.16 bits per heavy atom. The number of carboxylic acid groups (broad SMARTS) is 1. The zero-order chi connectivity index (χ0) is 25.3. The van der Waals surface area contributed by atoms with Crippen molar-refractivity contribution in [3.63, 3.8) is 0 Å². The molecule has 17 heteroatoms. The van der Waals surface area contributed by atoms with Gasteiger partial charge in [-0.05, 0) is 23.8 Å². The number of carbonyl (C=O) groups is 1. The fourth-order valence-electron chi connectivity index (χ4n) is 3.82. The lowest BCUT2D eigenvalue weighted by Crippen LogP contribution is -2.33. The molecule has 38 heavy (non-hydrogen) atoms. The minimum atomic E-state index is -1.24. The van der Waals surface area contributed by atoms with E-state index >= 15 is 0 Å². The van der Waals surface area contributed by atoms with Gasteiger partial charge < -0.3 is 62.4 Å². The van der Waals surface area contributed by atoms with Gasteiger partial charge in [-0.25, -0.2) is 9.97 Å². The van der Waals surface area contributed by atoms with Gasteiger partial charge in [0.25, 0.3) is 5.56 Å². The zero-order valence-corrected chi connectivity index (χ0v) is 19.6. The first kappa shape index (κ1) is 32.1. The molecule has 1 fully saturated rings. The lowest BCUT2D eigenvalue weighted by Gasteiger charge is -2.16.